The van der Waals surface area contributed by atoms with Gasteiger partial charge in [-0.1, -0.05) is 36.4 Å². The van der Waals surface area contributed by atoms with E-state index in [1.54, 1.807) is 10.9 Å². The van der Waals surface area contributed by atoms with Gasteiger partial charge >= 0.3 is 0 Å². The molecule has 1 aliphatic carbocycles. The molecule has 0 amide bonds. The standard InChI is InChI=1S/C25H21N5O/c1-29-15-19(14-27-29)18-7-10-21-22(13-18)26-12-11-23(21)31-24-16-30(20-8-9-20)28-25(24)17-5-3-2-4-6-17/h2-7,10-16,20H,8-9H2,1H3. The highest BCUT2D eigenvalue weighted by Gasteiger charge is 2.27. The molecule has 0 N–H and O–H groups in total. The Bertz CT molecular complexity index is 1380. The lowest BCUT2D eigenvalue weighted by molar-refractivity contribution is 0.487. The third kappa shape index (κ3) is 3.36. The molecule has 1 fully saturated rings. The van der Waals surface area contributed by atoms with Gasteiger partial charge < -0.3 is 4.74 Å². The van der Waals surface area contributed by atoms with E-state index in [0.29, 0.717) is 6.04 Å². The van der Waals surface area contributed by atoms with Crippen LogP contribution in [0.25, 0.3) is 33.3 Å². The van der Waals surface area contributed by atoms with E-state index in [1.807, 2.05) is 54.6 Å². The molecule has 0 atom stereocenters. The lowest BCUT2D eigenvalue weighted by Gasteiger charge is -2.09. The number of rotatable bonds is 5. The van der Waals surface area contributed by atoms with Gasteiger partial charge in [0.25, 0.3) is 0 Å². The summed E-state index contributed by atoms with van der Waals surface area (Å²) in [5, 5.41) is 10.1. The molecule has 6 nitrogen and oxygen atoms in total. The van der Waals surface area contributed by atoms with Crippen LogP contribution in [0.2, 0.25) is 0 Å². The molecule has 3 aromatic heterocycles. The highest BCUT2D eigenvalue weighted by molar-refractivity contribution is 5.89. The Morgan fingerprint density at radius 1 is 0.903 bits per heavy atom. The van der Waals surface area contributed by atoms with Gasteiger partial charge in [-0.3, -0.25) is 14.3 Å². The van der Waals surface area contributed by atoms with E-state index in [4.69, 9.17) is 9.84 Å². The first-order valence-corrected chi connectivity index (χ1v) is 10.4. The number of fused-ring (bicyclic) bond motifs is 1. The number of pyridine rings is 1. The monoisotopic (exact) mass is 407 g/mol. The van der Waals surface area contributed by atoms with Gasteiger partial charge in [0.05, 0.1) is 24.0 Å². The van der Waals surface area contributed by atoms with Crippen molar-refractivity contribution in [1.82, 2.24) is 24.5 Å². The smallest absolute Gasteiger partial charge is 0.173 e. The average molecular weight is 407 g/mol. The number of hydrogen-bond acceptors (Lipinski definition) is 4. The Morgan fingerprint density at radius 2 is 1.77 bits per heavy atom. The molecule has 0 unspecified atom stereocenters. The zero-order valence-corrected chi connectivity index (χ0v) is 17.1. The van der Waals surface area contributed by atoms with Crippen molar-refractivity contribution < 1.29 is 4.74 Å². The third-order valence-corrected chi connectivity index (χ3v) is 5.63. The van der Waals surface area contributed by atoms with Crippen LogP contribution in [0.15, 0.2) is 79.4 Å². The minimum atomic E-state index is 0.482. The second kappa shape index (κ2) is 7.09. The molecule has 0 radical (unpaired) electrons. The van der Waals surface area contributed by atoms with Crippen LogP contribution in [0.3, 0.4) is 0 Å². The number of nitrogens with zero attached hydrogens (tertiary/aromatic N) is 5. The van der Waals surface area contributed by atoms with Gasteiger partial charge in [-0.25, -0.2) is 0 Å². The Kier molecular flexibility index (Phi) is 4.09. The van der Waals surface area contributed by atoms with Gasteiger partial charge in [0, 0.05) is 36.0 Å². The second-order valence-corrected chi connectivity index (χ2v) is 7.96. The van der Waals surface area contributed by atoms with Gasteiger partial charge in [0.1, 0.15) is 11.4 Å². The van der Waals surface area contributed by atoms with Crippen molar-refractivity contribution in [3.63, 3.8) is 0 Å². The summed E-state index contributed by atoms with van der Waals surface area (Å²) in [6.45, 7) is 0. The van der Waals surface area contributed by atoms with Crippen molar-refractivity contribution in [1.29, 1.82) is 0 Å². The minimum Gasteiger partial charge on any atom is -0.453 e. The topological polar surface area (TPSA) is 57.8 Å². The Balaban J connectivity index is 1.41. The van der Waals surface area contributed by atoms with E-state index in [2.05, 4.69) is 40.4 Å². The van der Waals surface area contributed by atoms with E-state index in [9.17, 15) is 0 Å². The van der Waals surface area contributed by atoms with Gasteiger partial charge in [0.15, 0.2) is 5.75 Å². The number of ether oxygens (including phenoxy) is 1. The van der Waals surface area contributed by atoms with Gasteiger partial charge in [-0.2, -0.15) is 10.2 Å². The quantitative estimate of drug-likeness (QED) is 0.379. The predicted octanol–water partition coefficient (Wildman–Crippen LogP) is 5.63. The van der Waals surface area contributed by atoms with E-state index in [0.717, 1.165) is 44.8 Å². The summed E-state index contributed by atoms with van der Waals surface area (Å²) in [4.78, 5) is 4.57. The van der Waals surface area contributed by atoms with E-state index in [1.165, 1.54) is 12.8 Å². The van der Waals surface area contributed by atoms with Crippen molar-refractivity contribution in [2.45, 2.75) is 18.9 Å². The van der Waals surface area contributed by atoms with E-state index in [-0.39, 0.29) is 0 Å². The van der Waals surface area contributed by atoms with Crippen LogP contribution in [0.4, 0.5) is 0 Å². The van der Waals surface area contributed by atoms with Crippen molar-refractivity contribution in [2.75, 3.05) is 0 Å². The molecule has 3 heterocycles. The van der Waals surface area contributed by atoms with Crippen molar-refractivity contribution in [2.24, 2.45) is 7.05 Å². The van der Waals surface area contributed by atoms with Crippen LogP contribution in [-0.4, -0.2) is 24.5 Å². The number of aryl methyl sites for hydroxylation is 1. The Hall–Kier alpha value is -3.93. The summed E-state index contributed by atoms with van der Waals surface area (Å²) in [6, 6.07) is 18.8. The molecular formula is C25H21N5O. The Labute approximate surface area is 179 Å². The fourth-order valence-electron chi connectivity index (χ4n) is 3.85. The summed E-state index contributed by atoms with van der Waals surface area (Å²) >= 11 is 0. The molecule has 5 aromatic rings. The van der Waals surface area contributed by atoms with Crippen LogP contribution in [0, 0.1) is 0 Å². The lowest BCUT2D eigenvalue weighted by Crippen LogP contribution is -1.93. The highest BCUT2D eigenvalue weighted by Crippen LogP contribution is 2.40. The average Bonchev–Trinajstić information content (AvgIpc) is 3.43. The van der Waals surface area contributed by atoms with Crippen molar-refractivity contribution in [3.8, 4) is 33.9 Å². The summed E-state index contributed by atoms with van der Waals surface area (Å²) in [5.41, 5.74) is 4.94. The van der Waals surface area contributed by atoms with Crippen LogP contribution in [0.1, 0.15) is 18.9 Å². The molecule has 31 heavy (non-hydrogen) atoms. The maximum atomic E-state index is 6.45. The first-order valence-electron chi connectivity index (χ1n) is 10.4. The highest BCUT2D eigenvalue weighted by atomic mass is 16.5. The number of hydrogen-bond donors (Lipinski definition) is 0. The molecule has 6 heteroatoms. The van der Waals surface area contributed by atoms with E-state index < -0.39 is 0 Å². The Morgan fingerprint density at radius 3 is 2.55 bits per heavy atom. The first kappa shape index (κ1) is 17.9. The lowest BCUT2D eigenvalue weighted by atomic mass is 10.1. The summed E-state index contributed by atoms with van der Waals surface area (Å²) in [6.07, 6.45) is 10.0. The van der Waals surface area contributed by atoms with E-state index >= 15 is 0 Å². The minimum absolute atomic E-state index is 0.482. The van der Waals surface area contributed by atoms with Gasteiger partial charge in [-0.15, -0.1) is 0 Å². The SMILES string of the molecule is Cn1cc(-c2ccc3c(Oc4cn(C5CC5)nc4-c4ccccc4)ccnc3c2)cn1. The van der Waals surface area contributed by atoms with Crippen molar-refractivity contribution in [3.05, 3.63) is 79.4 Å². The molecule has 0 spiro atoms. The maximum Gasteiger partial charge on any atom is 0.173 e. The normalized spacial score (nSPS) is 13.6. The van der Waals surface area contributed by atoms with Gasteiger partial charge in [0.2, 0.25) is 0 Å². The molecular weight excluding hydrogens is 386 g/mol. The molecule has 6 rings (SSSR count). The third-order valence-electron chi connectivity index (χ3n) is 5.63. The second-order valence-electron chi connectivity index (χ2n) is 7.96. The molecule has 0 bridgehead atoms. The summed E-state index contributed by atoms with van der Waals surface area (Å²) in [7, 11) is 1.92. The summed E-state index contributed by atoms with van der Waals surface area (Å²) in [5.74, 6) is 1.54. The van der Waals surface area contributed by atoms with Crippen LogP contribution in [0.5, 0.6) is 11.5 Å². The number of aromatic nitrogens is 5. The molecule has 1 aliphatic rings. The summed E-state index contributed by atoms with van der Waals surface area (Å²) < 4.78 is 10.3. The molecule has 1 saturated carbocycles. The predicted molar refractivity (Wildman–Crippen MR) is 120 cm³/mol. The zero-order chi connectivity index (χ0) is 20.8. The first-order chi connectivity index (χ1) is 15.2. The van der Waals surface area contributed by atoms with Crippen molar-refractivity contribution >= 4 is 10.9 Å². The fraction of sp³-hybridized carbons (Fsp3) is 0.160. The molecule has 2 aromatic carbocycles. The number of benzene rings is 2. The molecule has 0 aliphatic heterocycles. The molecule has 0 saturated heterocycles. The van der Waals surface area contributed by atoms with Crippen LogP contribution >= 0.6 is 0 Å². The fourth-order valence-corrected chi connectivity index (χ4v) is 3.85. The maximum absolute atomic E-state index is 6.45. The van der Waals surface area contributed by atoms with Crippen LogP contribution < -0.4 is 4.74 Å². The van der Waals surface area contributed by atoms with Crippen LogP contribution in [-0.2, 0) is 7.05 Å². The molecule has 152 valence electrons. The zero-order valence-electron chi connectivity index (χ0n) is 17.1. The van der Waals surface area contributed by atoms with Gasteiger partial charge in [-0.05, 0) is 36.6 Å². The largest absolute Gasteiger partial charge is 0.453 e.